The van der Waals surface area contributed by atoms with Crippen LogP contribution >= 0.6 is 0 Å². The minimum Gasteiger partial charge on any atom is -0.381 e. The molecular formula is C30H26F3N5O3. The first-order valence-corrected chi connectivity index (χ1v) is 13.1. The molecule has 11 heteroatoms. The predicted octanol–water partition coefficient (Wildman–Crippen LogP) is 5.27. The molecule has 3 heterocycles. The van der Waals surface area contributed by atoms with Crippen molar-refractivity contribution in [2.45, 2.75) is 19.5 Å². The van der Waals surface area contributed by atoms with Gasteiger partial charge < -0.3 is 15.4 Å². The van der Waals surface area contributed by atoms with Gasteiger partial charge in [-0.1, -0.05) is 24.3 Å². The lowest BCUT2D eigenvalue weighted by Gasteiger charge is -2.12. The molecule has 41 heavy (non-hydrogen) atoms. The van der Waals surface area contributed by atoms with E-state index in [-0.39, 0.29) is 23.8 Å². The maximum absolute atomic E-state index is 13.0. The Bertz CT molecular complexity index is 1620. The summed E-state index contributed by atoms with van der Waals surface area (Å²) in [5, 5.41) is 10.3. The molecule has 0 spiro atoms. The normalized spacial score (nSPS) is 19.5. The Morgan fingerprint density at radius 1 is 1.05 bits per heavy atom. The lowest BCUT2D eigenvalue weighted by Crippen LogP contribution is -2.19. The summed E-state index contributed by atoms with van der Waals surface area (Å²) in [6, 6.07) is 11.8. The Morgan fingerprint density at radius 2 is 1.85 bits per heavy atom. The first-order valence-electron chi connectivity index (χ1n) is 13.1. The topological polar surface area (TPSA) is 98.1 Å². The number of alkyl halides is 3. The molecule has 0 bridgehead atoms. The number of benzene rings is 2. The molecule has 2 fully saturated rings. The molecule has 2 unspecified atom stereocenters. The third kappa shape index (κ3) is 5.58. The zero-order valence-corrected chi connectivity index (χ0v) is 22.0. The van der Waals surface area contributed by atoms with E-state index in [4.69, 9.17) is 4.74 Å². The van der Waals surface area contributed by atoms with Crippen molar-refractivity contribution >= 4 is 23.2 Å². The summed E-state index contributed by atoms with van der Waals surface area (Å²) in [6.07, 6.45) is 2.09. The second-order valence-corrected chi connectivity index (χ2v) is 10.4. The summed E-state index contributed by atoms with van der Waals surface area (Å²) in [7, 11) is 0. The van der Waals surface area contributed by atoms with Gasteiger partial charge >= 0.3 is 6.18 Å². The summed E-state index contributed by atoms with van der Waals surface area (Å²) in [5.41, 5.74) is 3.64. The van der Waals surface area contributed by atoms with E-state index in [0.717, 1.165) is 28.8 Å². The minimum absolute atomic E-state index is 0.0208. The van der Waals surface area contributed by atoms with Crippen molar-refractivity contribution in [3.05, 3.63) is 90.0 Å². The first-order chi connectivity index (χ1) is 19.7. The van der Waals surface area contributed by atoms with E-state index in [1.165, 1.54) is 12.1 Å². The van der Waals surface area contributed by atoms with Gasteiger partial charge in [-0.05, 0) is 54.2 Å². The Labute approximate surface area is 233 Å². The Kier molecular flexibility index (Phi) is 6.82. The van der Waals surface area contributed by atoms with Crippen molar-refractivity contribution in [2.75, 3.05) is 23.8 Å². The van der Waals surface area contributed by atoms with Crippen molar-refractivity contribution in [3.63, 3.8) is 0 Å². The largest absolute Gasteiger partial charge is 0.416 e. The van der Waals surface area contributed by atoms with Crippen LogP contribution in [0, 0.1) is 24.7 Å². The van der Waals surface area contributed by atoms with Gasteiger partial charge in [0.15, 0.2) is 0 Å². The zero-order chi connectivity index (χ0) is 28.7. The third-order valence-corrected chi connectivity index (χ3v) is 7.59. The van der Waals surface area contributed by atoms with Crippen molar-refractivity contribution < 1.29 is 27.5 Å². The second-order valence-electron chi connectivity index (χ2n) is 10.4. The monoisotopic (exact) mass is 561 g/mol. The number of aryl methyl sites for hydroxylation is 1. The number of hydrogen-bond donors (Lipinski definition) is 2. The number of hydrogen-bond acceptors (Lipinski definition) is 5. The molecule has 8 nitrogen and oxygen atoms in total. The SMILES string of the molecule is Cc1ccc(NC(=O)Cc2cccc(C(F)(F)F)c2)cc1-n1cc(-c2cnccc2NC(=O)C2C3COCC32)cn1. The van der Waals surface area contributed by atoms with Gasteiger partial charge in [0.1, 0.15) is 0 Å². The summed E-state index contributed by atoms with van der Waals surface area (Å²) >= 11 is 0. The van der Waals surface area contributed by atoms with E-state index in [1.807, 2.05) is 19.2 Å². The molecule has 0 radical (unpaired) electrons. The molecule has 2 amide bonds. The highest BCUT2D eigenvalue weighted by Crippen LogP contribution is 2.51. The van der Waals surface area contributed by atoms with Gasteiger partial charge in [-0.15, -0.1) is 0 Å². The number of amides is 2. The lowest BCUT2D eigenvalue weighted by atomic mass is 10.1. The van der Waals surface area contributed by atoms with Crippen LogP contribution in [0.2, 0.25) is 0 Å². The number of anilines is 2. The molecule has 1 saturated carbocycles. The number of fused-ring (bicyclic) bond motifs is 1. The molecule has 2 aromatic heterocycles. The molecule has 2 aromatic carbocycles. The van der Waals surface area contributed by atoms with E-state index >= 15 is 0 Å². The average molecular weight is 562 g/mol. The van der Waals surface area contributed by atoms with Gasteiger partial charge in [-0.25, -0.2) is 4.68 Å². The van der Waals surface area contributed by atoms with Gasteiger partial charge in [0, 0.05) is 41.3 Å². The van der Waals surface area contributed by atoms with Gasteiger partial charge in [-0.2, -0.15) is 18.3 Å². The Balaban J connectivity index is 1.17. The fourth-order valence-electron chi connectivity index (χ4n) is 5.35. The van der Waals surface area contributed by atoms with Crippen molar-refractivity contribution in [1.29, 1.82) is 0 Å². The van der Waals surface area contributed by atoms with Crippen LogP contribution in [0.25, 0.3) is 16.8 Å². The molecule has 1 aliphatic heterocycles. The van der Waals surface area contributed by atoms with Gasteiger partial charge in [-0.3, -0.25) is 14.6 Å². The summed E-state index contributed by atoms with van der Waals surface area (Å²) < 4.78 is 46.1. The number of nitrogens with one attached hydrogen (secondary N) is 2. The molecule has 6 rings (SSSR count). The highest BCUT2D eigenvalue weighted by Gasteiger charge is 2.58. The van der Waals surface area contributed by atoms with Gasteiger partial charge in [0.25, 0.3) is 0 Å². The van der Waals surface area contributed by atoms with Crippen LogP contribution in [0.4, 0.5) is 24.5 Å². The smallest absolute Gasteiger partial charge is 0.381 e. The van der Waals surface area contributed by atoms with Gasteiger partial charge in [0.2, 0.25) is 11.8 Å². The molecule has 1 saturated heterocycles. The van der Waals surface area contributed by atoms with Crippen molar-refractivity contribution in [1.82, 2.24) is 14.8 Å². The van der Waals surface area contributed by atoms with Crippen LogP contribution in [0.5, 0.6) is 0 Å². The second kappa shape index (κ2) is 10.5. The first kappa shape index (κ1) is 26.7. The number of carbonyl (C=O) groups excluding carboxylic acids is 2. The maximum Gasteiger partial charge on any atom is 0.416 e. The predicted molar refractivity (Wildman–Crippen MR) is 145 cm³/mol. The summed E-state index contributed by atoms with van der Waals surface area (Å²) in [6.45, 7) is 3.16. The van der Waals surface area contributed by atoms with Crippen LogP contribution in [0.15, 0.2) is 73.3 Å². The molecule has 1 aliphatic carbocycles. The van der Waals surface area contributed by atoms with E-state index in [2.05, 4.69) is 20.7 Å². The summed E-state index contributed by atoms with van der Waals surface area (Å²) in [5.74, 6) is 0.101. The number of ether oxygens (including phenoxy) is 1. The van der Waals surface area contributed by atoms with Crippen LogP contribution in [-0.4, -0.2) is 39.8 Å². The Hall–Kier alpha value is -4.51. The highest BCUT2D eigenvalue weighted by atomic mass is 19.4. The van der Waals surface area contributed by atoms with Crippen LogP contribution < -0.4 is 10.6 Å². The summed E-state index contributed by atoms with van der Waals surface area (Å²) in [4.78, 5) is 29.7. The number of carbonyl (C=O) groups is 2. The van der Waals surface area contributed by atoms with Crippen LogP contribution in [0.1, 0.15) is 16.7 Å². The minimum atomic E-state index is -4.48. The van der Waals surface area contributed by atoms with E-state index in [9.17, 15) is 22.8 Å². The number of pyridine rings is 1. The molecule has 210 valence electrons. The molecular weight excluding hydrogens is 535 g/mol. The maximum atomic E-state index is 13.0. The number of rotatable bonds is 7. The van der Waals surface area contributed by atoms with Crippen LogP contribution in [-0.2, 0) is 26.9 Å². The van der Waals surface area contributed by atoms with E-state index in [1.54, 1.807) is 41.5 Å². The van der Waals surface area contributed by atoms with Gasteiger partial charge in [0.05, 0.1) is 42.8 Å². The van der Waals surface area contributed by atoms with Crippen molar-refractivity contribution in [2.24, 2.45) is 17.8 Å². The quantitative estimate of drug-likeness (QED) is 0.320. The lowest BCUT2D eigenvalue weighted by molar-refractivity contribution is -0.137. The van der Waals surface area contributed by atoms with Crippen molar-refractivity contribution in [3.8, 4) is 16.8 Å². The van der Waals surface area contributed by atoms with Crippen LogP contribution in [0.3, 0.4) is 0 Å². The molecule has 2 N–H and O–H groups in total. The standard InChI is InChI=1S/C30H26F3N5O3/c1-17-5-6-21(36-27(39)10-18-3-2-4-20(9-18)30(31,32)33)11-26(17)38-14-19(12-35-38)22-13-34-8-7-25(22)37-29(40)28-23-15-41-16-24(23)28/h2-9,11-14,23-24,28H,10,15-16H2,1H3,(H,36,39)(H,34,37,40). The zero-order valence-electron chi connectivity index (χ0n) is 22.0. The molecule has 4 aromatic rings. The number of aromatic nitrogens is 3. The highest BCUT2D eigenvalue weighted by molar-refractivity contribution is 5.98. The Morgan fingerprint density at radius 3 is 2.63 bits per heavy atom. The van der Waals surface area contributed by atoms with E-state index in [0.29, 0.717) is 42.1 Å². The molecule has 2 aliphatic rings. The number of nitrogens with zero attached hydrogens (tertiary/aromatic N) is 3. The average Bonchev–Trinajstić information content (AvgIpc) is 3.25. The van der Waals surface area contributed by atoms with E-state index < -0.39 is 17.6 Å². The fraction of sp³-hybridized carbons (Fsp3) is 0.267. The number of halogens is 3. The fourth-order valence-corrected chi connectivity index (χ4v) is 5.35. The third-order valence-electron chi connectivity index (χ3n) is 7.59. The molecule has 2 atom stereocenters.